The molecule has 1 aromatic carbocycles. The molecule has 2 N–H and O–H groups in total. The van der Waals surface area contributed by atoms with Crippen molar-refractivity contribution in [3.8, 4) is 0 Å². The number of carbonyl (C=O) groups is 1. The van der Waals surface area contributed by atoms with E-state index in [1.165, 1.54) is 0 Å². The van der Waals surface area contributed by atoms with Crippen molar-refractivity contribution >= 4 is 67.4 Å². The van der Waals surface area contributed by atoms with Crippen molar-refractivity contribution in [1.82, 2.24) is 15.1 Å². The minimum atomic E-state index is -0.347. The van der Waals surface area contributed by atoms with Crippen molar-refractivity contribution in [1.29, 1.82) is 0 Å². The molecule has 1 amide bonds. The monoisotopic (exact) mass is 492 g/mol. The molecule has 22 heavy (non-hydrogen) atoms. The number of carbonyl (C=O) groups excluding carboxylic acids is 1. The number of nitrogens with one attached hydrogen (secondary N) is 2. The van der Waals surface area contributed by atoms with Crippen molar-refractivity contribution in [3.05, 3.63) is 43.7 Å². The molecule has 0 aliphatic carbocycles. The Bertz CT molecular complexity index is 732. The normalized spacial score (nSPS) is 10.4. The van der Waals surface area contributed by atoms with Crippen molar-refractivity contribution in [2.75, 3.05) is 5.32 Å². The molecule has 1 aromatic heterocycles. The van der Waals surface area contributed by atoms with Crippen LogP contribution in [0.3, 0.4) is 0 Å². The van der Waals surface area contributed by atoms with E-state index in [0.717, 1.165) is 14.8 Å². The van der Waals surface area contributed by atoms with E-state index in [1.54, 1.807) is 10.9 Å². The van der Waals surface area contributed by atoms with Crippen LogP contribution in [0.1, 0.15) is 23.0 Å². The fourth-order valence-electron chi connectivity index (χ4n) is 1.80. The molecule has 0 aliphatic heterocycles. The molecule has 8 heteroatoms. The third-order valence-electron chi connectivity index (χ3n) is 2.92. The maximum Gasteiger partial charge on any atom is 0.279 e. The van der Waals surface area contributed by atoms with Gasteiger partial charge >= 0.3 is 0 Å². The van der Waals surface area contributed by atoms with Gasteiger partial charge in [-0.15, -0.1) is 0 Å². The highest BCUT2D eigenvalue weighted by molar-refractivity contribution is 14.1. The van der Waals surface area contributed by atoms with E-state index < -0.39 is 0 Å². The first kappa shape index (κ1) is 17.4. The van der Waals surface area contributed by atoms with E-state index in [-0.39, 0.29) is 11.0 Å². The Labute approximate surface area is 156 Å². The van der Waals surface area contributed by atoms with Crippen LogP contribution >= 0.6 is 50.7 Å². The van der Waals surface area contributed by atoms with Crippen LogP contribution in [0.2, 0.25) is 0 Å². The fraction of sp³-hybridized carbons (Fsp3) is 0.214. The molecule has 0 saturated carbocycles. The van der Waals surface area contributed by atoms with Crippen LogP contribution < -0.4 is 10.6 Å². The zero-order valence-corrected chi connectivity index (χ0v) is 16.5. The lowest BCUT2D eigenvalue weighted by Crippen LogP contribution is -2.34. The predicted octanol–water partition coefficient (Wildman–Crippen LogP) is 3.71. The Kier molecular flexibility index (Phi) is 5.93. The number of benzene rings is 1. The molecule has 5 nitrogen and oxygen atoms in total. The maximum absolute atomic E-state index is 12.2. The number of aromatic nitrogens is 2. The lowest BCUT2D eigenvalue weighted by Gasteiger charge is -2.11. The summed E-state index contributed by atoms with van der Waals surface area (Å²) in [4.78, 5) is 12.2. The molecule has 1 heterocycles. The molecule has 0 unspecified atom stereocenters. The van der Waals surface area contributed by atoms with Gasteiger partial charge < -0.3 is 5.32 Å². The highest BCUT2D eigenvalue weighted by Gasteiger charge is 2.16. The van der Waals surface area contributed by atoms with Gasteiger partial charge in [-0.25, -0.2) is 0 Å². The number of anilines is 1. The second kappa shape index (κ2) is 7.51. The number of amides is 1. The largest absolute Gasteiger partial charge is 0.332 e. The summed E-state index contributed by atoms with van der Waals surface area (Å²) in [5.74, 6) is -0.347. The summed E-state index contributed by atoms with van der Waals surface area (Å²) in [6, 6.07) is 5.93. The van der Waals surface area contributed by atoms with Crippen molar-refractivity contribution < 1.29 is 4.79 Å². The van der Waals surface area contributed by atoms with Crippen molar-refractivity contribution in [2.24, 2.45) is 0 Å². The molecule has 0 fully saturated rings. The third-order valence-corrected chi connectivity index (χ3v) is 4.38. The maximum atomic E-state index is 12.2. The molecule has 116 valence electrons. The Morgan fingerprint density at radius 3 is 2.82 bits per heavy atom. The molecule has 2 rings (SSSR count). The number of nitrogens with zero attached hydrogens (tertiary/aromatic N) is 2. The van der Waals surface area contributed by atoms with Gasteiger partial charge in [0.25, 0.3) is 5.91 Å². The van der Waals surface area contributed by atoms with Gasteiger partial charge in [0, 0.05) is 22.0 Å². The number of aryl methyl sites for hydroxylation is 2. The lowest BCUT2D eigenvalue weighted by molar-refractivity contribution is 0.0971. The van der Waals surface area contributed by atoms with Crippen LogP contribution in [-0.4, -0.2) is 20.8 Å². The van der Waals surface area contributed by atoms with E-state index in [2.05, 4.69) is 54.3 Å². The molecule has 0 saturated heterocycles. The Morgan fingerprint density at radius 1 is 1.50 bits per heavy atom. The van der Waals surface area contributed by atoms with Gasteiger partial charge in [-0.1, -0.05) is 0 Å². The topological polar surface area (TPSA) is 59.0 Å². The Morgan fingerprint density at radius 2 is 2.23 bits per heavy atom. The Balaban J connectivity index is 2.05. The average molecular weight is 493 g/mol. The van der Waals surface area contributed by atoms with E-state index >= 15 is 0 Å². The summed E-state index contributed by atoms with van der Waals surface area (Å²) in [6.45, 7) is 4.62. The first-order valence-corrected chi connectivity index (χ1v) is 8.80. The molecule has 0 atom stereocenters. The molecule has 0 spiro atoms. The minimum Gasteiger partial charge on any atom is -0.332 e. The van der Waals surface area contributed by atoms with Crippen LogP contribution in [0.15, 0.2) is 28.9 Å². The van der Waals surface area contributed by atoms with Crippen molar-refractivity contribution in [3.63, 3.8) is 0 Å². The van der Waals surface area contributed by atoms with Gasteiger partial charge in [0.2, 0.25) is 0 Å². The average Bonchev–Trinajstić information content (AvgIpc) is 2.83. The lowest BCUT2D eigenvalue weighted by atomic mass is 10.2. The molecular formula is C14H14BrIN4OS. The summed E-state index contributed by atoms with van der Waals surface area (Å²) in [6.07, 6.45) is 1.76. The first-order valence-electron chi connectivity index (χ1n) is 6.52. The van der Waals surface area contributed by atoms with E-state index in [0.29, 0.717) is 16.7 Å². The van der Waals surface area contributed by atoms with Gasteiger partial charge in [-0.05, 0) is 88.3 Å². The number of hydrogen-bond donors (Lipinski definition) is 2. The molecule has 0 aliphatic rings. The highest BCUT2D eigenvalue weighted by atomic mass is 127. The third kappa shape index (κ3) is 4.26. The van der Waals surface area contributed by atoms with Gasteiger partial charge in [0.05, 0.1) is 4.47 Å². The van der Waals surface area contributed by atoms with Crippen LogP contribution in [0.5, 0.6) is 0 Å². The van der Waals surface area contributed by atoms with E-state index in [4.69, 9.17) is 12.2 Å². The summed E-state index contributed by atoms with van der Waals surface area (Å²) in [5, 5.41) is 10.1. The fourth-order valence-corrected chi connectivity index (χ4v) is 3.14. The van der Waals surface area contributed by atoms with Crippen LogP contribution in [0, 0.1) is 10.5 Å². The zero-order valence-electron chi connectivity index (χ0n) is 12.0. The summed E-state index contributed by atoms with van der Waals surface area (Å²) in [7, 11) is 0. The van der Waals surface area contributed by atoms with Gasteiger partial charge in [0.15, 0.2) is 10.8 Å². The summed E-state index contributed by atoms with van der Waals surface area (Å²) >= 11 is 10.8. The summed E-state index contributed by atoms with van der Waals surface area (Å²) in [5.41, 5.74) is 2.23. The minimum absolute atomic E-state index is 0.243. The van der Waals surface area contributed by atoms with Gasteiger partial charge in [0.1, 0.15) is 0 Å². The zero-order chi connectivity index (χ0) is 16.3. The standard InChI is InChI=1S/C14H14BrIN4OS/c1-3-20-7-10(15)12(19-20)13(21)18-14(22)17-11-5-4-9(16)6-8(11)2/h4-7H,3H2,1-2H3,(H2,17,18,21,22). The second-order valence-electron chi connectivity index (χ2n) is 4.55. The highest BCUT2D eigenvalue weighted by Crippen LogP contribution is 2.18. The smallest absolute Gasteiger partial charge is 0.279 e. The van der Waals surface area contributed by atoms with E-state index in [9.17, 15) is 4.79 Å². The predicted molar refractivity (Wildman–Crippen MR) is 103 cm³/mol. The SMILES string of the molecule is CCn1cc(Br)c(C(=O)NC(=S)Nc2ccc(I)cc2C)n1. The quantitative estimate of drug-likeness (QED) is 0.506. The Hall–Kier alpha value is -1.00. The van der Waals surface area contributed by atoms with E-state index in [1.807, 2.05) is 32.0 Å². The van der Waals surface area contributed by atoms with Crippen molar-refractivity contribution in [2.45, 2.75) is 20.4 Å². The second-order valence-corrected chi connectivity index (χ2v) is 7.06. The molecular weight excluding hydrogens is 479 g/mol. The molecule has 0 bridgehead atoms. The number of thiocarbonyl (C=S) groups is 1. The van der Waals surface area contributed by atoms with Gasteiger partial charge in [-0.3, -0.25) is 14.8 Å². The molecule has 0 radical (unpaired) electrons. The van der Waals surface area contributed by atoms with Crippen LogP contribution in [0.4, 0.5) is 5.69 Å². The number of hydrogen-bond acceptors (Lipinski definition) is 3. The van der Waals surface area contributed by atoms with Gasteiger partial charge in [-0.2, -0.15) is 5.10 Å². The molecule has 2 aromatic rings. The van der Waals surface area contributed by atoms with Crippen LogP contribution in [-0.2, 0) is 6.54 Å². The van der Waals surface area contributed by atoms with Crippen LogP contribution in [0.25, 0.3) is 0 Å². The number of halogens is 2. The first-order chi connectivity index (χ1) is 10.4. The summed E-state index contributed by atoms with van der Waals surface area (Å²) < 4.78 is 3.46. The number of rotatable bonds is 3.